The van der Waals surface area contributed by atoms with Crippen molar-refractivity contribution in [3.05, 3.63) is 23.8 Å². The normalized spacial score (nSPS) is 12.1. The standard InChI is InChI=1S/C14H20N2O4/c1-8(2)6-11(15)13(17)16-12-5-4-9(20-3)7-10(12)14(18)19/h4-5,7-8,11H,6,15H2,1-3H3,(H,16,17)(H,18,19)/t11-/m0/s1. The number of benzene rings is 1. The third kappa shape index (κ3) is 4.24. The highest BCUT2D eigenvalue weighted by Gasteiger charge is 2.18. The molecule has 0 heterocycles. The highest BCUT2D eigenvalue weighted by molar-refractivity contribution is 6.02. The third-order valence-corrected chi connectivity index (χ3v) is 2.78. The number of ether oxygens (including phenoxy) is 1. The summed E-state index contributed by atoms with van der Waals surface area (Å²) in [6.45, 7) is 3.92. The zero-order valence-electron chi connectivity index (χ0n) is 11.8. The van der Waals surface area contributed by atoms with Gasteiger partial charge in [0.25, 0.3) is 0 Å². The molecule has 1 aromatic carbocycles. The lowest BCUT2D eigenvalue weighted by Crippen LogP contribution is -2.37. The number of nitrogens with two attached hydrogens (primary N) is 1. The maximum Gasteiger partial charge on any atom is 0.337 e. The zero-order chi connectivity index (χ0) is 15.3. The summed E-state index contributed by atoms with van der Waals surface area (Å²) in [4.78, 5) is 23.1. The summed E-state index contributed by atoms with van der Waals surface area (Å²) >= 11 is 0. The molecule has 1 atom stereocenters. The first-order chi connectivity index (χ1) is 9.35. The second kappa shape index (κ2) is 6.91. The van der Waals surface area contributed by atoms with Crippen LogP contribution in [0.5, 0.6) is 5.75 Å². The van der Waals surface area contributed by atoms with Crippen LogP contribution in [0.2, 0.25) is 0 Å². The quantitative estimate of drug-likeness (QED) is 0.736. The molecule has 0 bridgehead atoms. The second-order valence-electron chi connectivity index (χ2n) is 4.94. The van der Waals surface area contributed by atoms with Crippen molar-refractivity contribution >= 4 is 17.6 Å². The third-order valence-electron chi connectivity index (χ3n) is 2.78. The molecule has 0 radical (unpaired) electrons. The molecule has 1 amide bonds. The minimum atomic E-state index is -1.14. The van der Waals surface area contributed by atoms with E-state index in [0.717, 1.165) is 0 Å². The Morgan fingerprint density at radius 3 is 2.55 bits per heavy atom. The van der Waals surface area contributed by atoms with E-state index in [0.29, 0.717) is 12.2 Å². The lowest BCUT2D eigenvalue weighted by atomic mass is 10.0. The van der Waals surface area contributed by atoms with Gasteiger partial charge >= 0.3 is 5.97 Å². The number of carboxylic acids is 1. The summed E-state index contributed by atoms with van der Waals surface area (Å²) in [5.41, 5.74) is 5.94. The van der Waals surface area contributed by atoms with E-state index in [1.165, 1.54) is 19.2 Å². The van der Waals surface area contributed by atoms with Crippen molar-refractivity contribution < 1.29 is 19.4 Å². The molecule has 20 heavy (non-hydrogen) atoms. The zero-order valence-corrected chi connectivity index (χ0v) is 11.8. The van der Waals surface area contributed by atoms with E-state index in [2.05, 4.69) is 5.32 Å². The summed E-state index contributed by atoms with van der Waals surface area (Å²) in [6, 6.07) is 3.75. The van der Waals surface area contributed by atoms with Gasteiger partial charge in [0.2, 0.25) is 5.91 Å². The Kier molecular flexibility index (Phi) is 5.52. The topological polar surface area (TPSA) is 102 Å². The van der Waals surface area contributed by atoms with Crippen molar-refractivity contribution in [3.8, 4) is 5.75 Å². The lowest BCUT2D eigenvalue weighted by Gasteiger charge is -2.15. The highest BCUT2D eigenvalue weighted by atomic mass is 16.5. The van der Waals surface area contributed by atoms with Crippen LogP contribution >= 0.6 is 0 Å². The first-order valence-corrected chi connectivity index (χ1v) is 6.33. The molecule has 6 heteroatoms. The SMILES string of the molecule is COc1ccc(NC(=O)[C@@H](N)CC(C)C)c(C(=O)O)c1. The van der Waals surface area contributed by atoms with Crippen LogP contribution in [0.25, 0.3) is 0 Å². The molecular weight excluding hydrogens is 260 g/mol. The van der Waals surface area contributed by atoms with Gasteiger partial charge in [-0.1, -0.05) is 13.8 Å². The molecule has 0 saturated carbocycles. The first-order valence-electron chi connectivity index (χ1n) is 6.33. The van der Waals surface area contributed by atoms with Gasteiger partial charge in [0.15, 0.2) is 0 Å². The molecule has 1 rings (SSSR count). The van der Waals surface area contributed by atoms with Gasteiger partial charge in [0, 0.05) is 0 Å². The van der Waals surface area contributed by atoms with Gasteiger partial charge in [0.05, 0.1) is 24.4 Å². The Morgan fingerprint density at radius 1 is 1.40 bits per heavy atom. The number of hydrogen-bond acceptors (Lipinski definition) is 4. The number of carbonyl (C=O) groups excluding carboxylic acids is 1. The Bertz CT molecular complexity index is 500. The number of methoxy groups -OCH3 is 1. The molecule has 1 aromatic rings. The smallest absolute Gasteiger partial charge is 0.337 e. The predicted molar refractivity (Wildman–Crippen MR) is 76.0 cm³/mol. The van der Waals surface area contributed by atoms with Gasteiger partial charge in [-0.15, -0.1) is 0 Å². The van der Waals surface area contributed by atoms with Gasteiger partial charge in [-0.2, -0.15) is 0 Å². The van der Waals surface area contributed by atoms with E-state index in [1.807, 2.05) is 13.8 Å². The maximum atomic E-state index is 11.9. The van der Waals surface area contributed by atoms with E-state index in [4.69, 9.17) is 15.6 Å². The van der Waals surface area contributed by atoms with E-state index in [1.54, 1.807) is 6.07 Å². The summed E-state index contributed by atoms with van der Waals surface area (Å²) in [6.07, 6.45) is 0.532. The van der Waals surface area contributed by atoms with Gasteiger partial charge in [-0.25, -0.2) is 4.79 Å². The minimum Gasteiger partial charge on any atom is -0.497 e. The molecule has 0 aliphatic carbocycles. The molecule has 110 valence electrons. The Labute approximate surface area is 117 Å². The number of hydrogen-bond donors (Lipinski definition) is 3. The number of carbonyl (C=O) groups is 2. The maximum absolute atomic E-state index is 11.9. The summed E-state index contributed by atoms with van der Waals surface area (Å²) in [7, 11) is 1.44. The fourth-order valence-corrected chi connectivity index (χ4v) is 1.78. The largest absolute Gasteiger partial charge is 0.497 e. The monoisotopic (exact) mass is 280 g/mol. The summed E-state index contributed by atoms with van der Waals surface area (Å²) < 4.78 is 4.96. The van der Waals surface area contributed by atoms with Crippen molar-refractivity contribution in [2.75, 3.05) is 12.4 Å². The van der Waals surface area contributed by atoms with Gasteiger partial charge in [-0.05, 0) is 30.5 Å². The van der Waals surface area contributed by atoms with Gasteiger partial charge in [0.1, 0.15) is 5.75 Å². The number of anilines is 1. The van der Waals surface area contributed by atoms with Crippen LogP contribution in [0.3, 0.4) is 0 Å². The van der Waals surface area contributed by atoms with Crippen LogP contribution in [0, 0.1) is 5.92 Å². The molecule has 0 fully saturated rings. The fraction of sp³-hybridized carbons (Fsp3) is 0.429. The Hall–Kier alpha value is -2.08. The van der Waals surface area contributed by atoms with Crippen molar-refractivity contribution in [2.45, 2.75) is 26.3 Å². The highest BCUT2D eigenvalue weighted by Crippen LogP contribution is 2.22. The minimum absolute atomic E-state index is 0.0329. The molecular formula is C14H20N2O4. The molecule has 6 nitrogen and oxygen atoms in total. The van der Waals surface area contributed by atoms with Crippen molar-refractivity contribution in [3.63, 3.8) is 0 Å². The summed E-state index contributed by atoms with van der Waals surface area (Å²) in [5.74, 6) is -0.847. The number of rotatable bonds is 6. The molecule has 0 aliphatic heterocycles. The van der Waals surface area contributed by atoms with Gasteiger partial charge in [-0.3, -0.25) is 4.79 Å². The van der Waals surface area contributed by atoms with Crippen LogP contribution in [0.4, 0.5) is 5.69 Å². The van der Waals surface area contributed by atoms with Gasteiger partial charge < -0.3 is 20.9 Å². The molecule has 0 aliphatic rings. The molecule has 0 saturated heterocycles. The number of aromatic carboxylic acids is 1. The van der Waals surface area contributed by atoms with Crippen LogP contribution < -0.4 is 15.8 Å². The van der Waals surface area contributed by atoms with Crippen LogP contribution in [0.15, 0.2) is 18.2 Å². The first kappa shape index (κ1) is 16.0. The molecule has 0 unspecified atom stereocenters. The van der Waals surface area contributed by atoms with E-state index < -0.39 is 17.9 Å². The fourth-order valence-electron chi connectivity index (χ4n) is 1.78. The number of amides is 1. The molecule has 0 aromatic heterocycles. The van der Waals surface area contributed by atoms with Crippen molar-refractivity contribution in [1.82, 2.24) is 0 Å². The lowest BCUT2D eigenvalue weighted by molar-refractivity contribution is -0.117. The average Bonchev–Trinajstić information content (AvgIpc) is 2.37. The Balaban J connectivity index is 2.91. The number of carboxylic acid groups (broad SMARTS) is 1. The second-order valence-corrected chi connectivity index (χ2v) is 4.94. The van der Waals surface area contributed by atoms with Crippen LogP contribution in [-0.2, 0) is 4.79 Å². The molecule has 0 spiro atoms. The van der Waals surface area contributed by atoms with E-state index in [-0.39, 0.29) is 17.2 Å². The summed E-state index contributed by atoms with van der Waals surface area (Å²) in [5, 5.41) is 11.7. The van der Waals surface area contributed by atoms with Crippen LogP contribution in [-0.4, -0.2) is 30.1 Å². The van der Waals surface area contributed by atoms with Crippen LogP contribution in [0.1, 0.15) is 30.6 Å². The Morgan fingerprint density at radius 2 is 2.05 bits per heavy atom. The van der Waals surface area contributed by atoms with E-state index in [9.17, 15) is 9.59 Å². The van der Waals surface area contributed by atoms with Crippen molar-refractivity contribution in [1.29, 1.82) is 0 Å². The van der Waals surface area contributed by atoms with Crippen molar-refractivity contribution in [2.24, 2.45) is 11.7 Å². The van der Waals surface area contributed by atoms with E-state index >= 15 is 0 Å². The predicted octanol–water partition coefficient (Wildman–Crippen LogP) is 1.71. The molecule has 4 N–H and O–H groups in total. The number of nitrogens with one attached hydrogen (secondary N) is 1. The average molecular weight is 280 g/mol.